The second-order valence-electron chi connectivity index (χ2n) is 5.28. The maximum absolute atomic E-state index is 6.20. The lowest BCUT2D eigenvalue weighted by Gasteiger charge is -2.15. The van der Waals surface area contributed by atoms with Crippen LogP contribution in [0.25, 0.3) is 0 Å². The van der Waals surface area contributed by atoms with Gasteiger partial charge in [-0.25, -0.2) is 0 Å². The molecule has 2 N–H and O–H groups in total. The molecule has 18 heavy (non-hydrogen) atoms. The summed E-state index contributed by atoms with van der Waals surface area (Å²) in [5.74, 6) is 3.75. The Morgan fingerprint density at radius 1 is 1.17 bits per heavy atom. The first kappa shape index (κ1) is 15.4. The molecule has 0 fully saturated rings. The van der Waals surface area contributed by atoms with Gasteiger partial charge >= 0.3 is 0 Å². The number of hydrogen-bond acceptors (Lipinski definition) is 3. The lowest BCUT2D eigenvalue weighted by Crippen LogP contribution is -2.14. The maximum Gasteiger partial charge on any atom is 0.120 e. The minimum Gasteiger partial charge on any atom is -0.491 e. The summed E-state index contributed by atoms with van der Waals surface area (Å²) in [6.07, 6.45) is 0.201. The Morgan fingerprint density at radius 3 is 2.50 bits per heavy atom. The van der Waals surface area contributed by atoms with Gasteiger partial charge in [-0.2, -0.15) is 11.8 Å². The quantitative estimate of drug-likeness (QED) is 0.814. The van der Waals surface area contributed by atoms with Crippen molar-refractivity contribution >= 4 is 11.8 Å². The Kier molecular flexibility index (Phi) is 6.58. The summed E-state index contributed by atoms with van der Waals surface area (Å²) in [5, 5.41) is 0. The molecule has 0 aromatic heterocycles. The molecular weight excluding hydrogens is 242 g/mol. The third kappa shape index (κ3) is 5.78. The molecule has 1 unspecified atom stereocenters. The van der Waals surface area contributed by atoms with Crippen molar-refractivity contribution in [1.82, 2.24) is 0 Å². The topological polar surface area (TPSA) is 35.2 Å². The zero-order chi connectivity index (χ0) is 13.5. The van der Waals surface area contributed by atoms with Crippen molar-refractivity contribution in [1.29, 1.82) is 0 Å². The minimum absolute atomic E-state index is 0.0875. The van der Waals surface area contributed by atoms with E-state index in [1.165, 1.54) is 0 Å². The number of benzene rings is 1. The maximum atomic E-state index is 6.20. The van der Waals surface area contributed by atoms with E-state index in [4.69, 9.17) is 10.5 Å². The molecule has 1 aromatic rings. The molecule has 102 valence electrons. The summed E-state index contributed by atoms with van der Waals surface area (Å²) in [4.78, 5) is 0. The van der Waals surface area contributed by atoms with Crippen LogP contribution >= 0.6 is 11.8 Å². The fourth-order valence-corrected chi connectivity index (χ4v) is 2.67. The van der Waals surface area contributed by atoms with Gasteiger partial charge in [0.15, 0.2) is 0 Å². The van der Waals surface area contributed by atoms with E-state index in [1.54, 1.807) is 0 Å². The predicted molar refractivity (Wildman–Crippen MR) is 81.3 cm³/mol. The largest absolute Gasteiger partial charge is 0.491 e. The van der Waals surface area contributed by atoms with Crippen LogP contribution in [0.2, 0.25) is 0 Å². The van der Waals surface area contributed by atoms with Crippen molar-refractivity contribution in [2.24, 2.45) is 11.7 Å². The van der Waals surface area contributed by atoms with Crippen molar-refractivity contribution in [2.45, 2.75) is 39.8 Å². The van der Waals surface area contributed by atoms with E-state index in [9.17, 15) is 0 Å². The van der Waals surface area contributed by atoms with Crippen molar-refractivity contribution in [3.63, 3.8) is 0 Å². The van der Waals surface area contributed by atoms with Gasteiger partial charge in [0, 0.05) is 11.8 Å². The molecular formula is C15H25NOS. The first-order chi connectivity index (χ1) is 8.49. The summed E-state index contributed by atoms with van der Waals surface area (Å²) in [6, 6.07) is 8.22. The summed E-state index contributed by atoms with van der Waals surface area (Å²) in [5.41, 5.74) is 7.36. The molecule has 0 aliphatic rings. The second kappa shape index (κ2) is 7.70. The Balaban J connectivity index is 2.54. The summed E-state index contributed by atoms with van der Waals surface area (Å²) >= 11 is 1.92. The van der Waals surface area contributed by atoms with Gasteiger partial charge in [-0.05, 0) is 43.2 Å². The van der Waals surface area contributed by atoms with Crippen LogP contribution in [0, 0.1) is 5.92 Å². The standard InChI is InChI=1S/C15H25NOS/c1-11(2)9-18-10-15(16)13-6-5-7-14(8-13)17-12(3)4/h5-8,11-12,15H,9-10,16H2,1-4H3. The number of ether oxygens (including phenoxy) is 1. The molecule has 1 aromatic carbocycles. The molecule has 1 atom stereocenters. The van der Waals surface area contributed by atoms with Crippen molar-refractivity contribution in [3.8, 4) is 5.75 Å². The average Bonchev–Trinajstić information content (AvgIpc) is 2.27. The number of rotatable bonds is 7. The summed E-state index contributed by atoms with van der Waals surface area (Å²) < 4.78 is 5.69. The van der Waals surface area contributed by atoms with E-state index in [-0.39, 0.29) is 12.1 Å². The van der Waals surface area contributed by atoms with Crippen molar-refractivity contribution in [3.05, 3.63) is 29.8 Å². The van der Waals surface area contributed by atoms with E-state index in [1.807, 2.05) is 37.7 Å². The van der Waals surface area contributed by atoms with Crippen LogP contribution in [-0.2, 0) is 0 Å². The van der Waals surface area contributed by atoms with E-state index >= 15 is 0 Å². The number of thioether (sulfide) groups is 1. The molecule has 0 aliphatic carbocycles. The average molecular weight is 267 g/mol. The lowest BCUT2D eigenvalue weighted by atomic mass is 10.1. The molecule has 0 saturated heterocycles. The van der Waals surface area contributed by atoms with Gasteiger partial charge < -0.3 is 10.5 Å². The van der Waals surface area contributed by atoms with Crippen LogP contribution in [0.1, 0.15) is 39.3 Å². The molecule has 0 spiro atoms. The fourth-order valence-electron chi connectivity index (χ4n) is 1.62. The predicted octanol–water partition coefficient (Wildman–Crippen LogP) is 3.86. The van der Waals surface area contributed by atoms with E-state index in [0.717, 1.165) is 28.7 Å². The third-order valence-electron chi connectivity index (χ3n) is 2.41. The molecule has 3 heteroatoms. The molecule has 0 aliphatic heterocycles. The second-order valence-corrected chi connectivity index (χ2v) is 6.35. The monoisotopic (exact) mass is 267 g/mol. The molecule has 0 saturated carbocycles. The highest BCUT2D eigenvalue weighted by molar-refractivity contribution is 7.99. The van der Waals surface area contributed by atoms with Crippen LogP contribution < -0.4 is 10.5 Å². The zero-order valence-corrected chi connectivity index (χ0v) is 12.7. The summed E-state index contributed by atoms with van der Waals surface area (Å²) in [6.45, 7) is 8.53. The van der Waals surface area contributed by atoms with Crippen LogP contribution in [0.4, 0.5) is 0 Å². The van der Waals surface area contributed by atoms with E-state index < -0.39 is 0 Å². The molecule has 0 heterocycles. The minimum atomic E-state index is 0.0875. The van der Waals surface area contributed by atoms with Crippen LogP contribution in [-0.4, -0.2) is 17.6 Å². The zero-order valence-electron chi connectivity index (χ0n) is 11.8. The highest BCUT2D eigenvalue weighted by Crippen LogP contribution is 2.22. The van der Waals surface area contributed by atoms with Gasteiger partial charge in [-0.15, -0.1) is 0 Å². The first-order valence-corrected chi connectivity index (χ1v) is 7.74. The molecule has 2 nitrogen and oxygen atoms in total. The molecule has 0 bridgehead atoms. The van der Waals surface area contributed by atoms with Gasteiger partial charge in [0.05, 0.1) is 6.10 Å². The first-order valence-electron chi connectivity index (χ1n) is 6.59. The Hall–Kier alpha value is -0.670. The number of nitrogens with two attached hydrogens (primary N) is 1. The third-order valence-corrected chi connectivity index (χ3v) is 3.90. The Morgan fingerprint density at radius 2 is 1.89 bits per heavy atom. The summed E-state index contributed by atoms with van der Waals surface area (Å²) in [7, 11) is 0. The van der Waals surface area contributed by atoms with Crippen LogP contribution in [0.3, 0.4) is 0 Å². The van der Waals surface area contributed by atoms with Crippen molar-refractivity contribution < 1.29 is 4.74 Å². The van der Waals surface area contributed by atoms with Gasteiger partial charge in [0.1, 0.15) is 5.75 Å². The van der Waals surface area contributed by atoms with Crippen LogP contribution in [0.15, 0.2) is 24.3 Å². The Labute approximate surface area is 115 Å². The van der Waals surface area contributed by atoms with Crippen LogP contribution in [0.5, 0.6) is 5.75 Å². The highest BCUT2D eigenvalue weighted by atomic mass is 32.2. The smallest absolute Gasteiger partial charge is 0.120 e. The fraction of sp³-hybridized carbons (Fsp3) is 0.600. The van der Waals surface area contributed by atoms with E-state index in [2.05, 4.69) is 26.0 Å². The van der Waals surface area contributed by atoms with E-state index in [0.29, 0.717) is 0 Å². The van der Waals surface area contributed by atoms with Gasteiger partial charge in [-0.3, -0.25) is 0 Å². The Bertz CT molecular complexity index is 352. The molecule has 1 rings (SSSR count). The highest BCUT2D eigenvalue weighted by Gasteiger charge is 2.08. The molecule has 0 radical (unpaired) electrons. The van der Waals surface area contributed by atoms with Gasteiger partial charge in [0.2, 0.25) is 0 Å². The lowest BCUT2D eigenvalue weighted by molar-refractivity contribution is 0.242. The SMILES string of the molecule is CC(C)CSCC(N)c1cccc(OC(C)C)c1. The number of hydrogen-bond donors (Lipinski definition) is 1. The van der Waals surface area contributed by atoms with Gasteiger partial charge in [-0.1, -0.05) is 26.0 Å². The van der Waals surface area contributed by atoms with Gasteiger partial charge in [0.25, 0.3) is 0 Å². The normalized spacial score (nSPS) is 13.1. The molecule has 0 amide bonds. The van der Waals surface area contributed by atoms with Crippen molar-refractivity contribution in [2.75, 3.05) is 11.5 Å².